The molecule has 1 amide bonds. The molecule has 1 atom stereocenters. The van der Waals surface area contributed by atoms with Gasteiger partial charge in [0.2, 0.25) is 0 Å². The van der Waals surface area contributed by atoms with Crippen LogP contribution in [-0.2, 0) is 11.3 Å². The van der Waals surface area contributed by atoms with Crippen LogP contribution in [0.15, 0.2) is 48.8 Å². The number of imidazole rings is 1. The Kier molecular flexibility index (Phi) is 4.76. The van der Waals surface area contributed by atoms with Crippen molar-refractivity contribution in [2.75, 3.05) is 6.54 Å². The molecule has 2 aliphatic rings. The quantitative estimate of drug-likeness (QED) is 0.546. The highest BCUT2D eigenvalue weighted by molar-refractivity contribution is 6.34. The summed E-state index contributed by atoms with van der Waals surface area (Å²) in [5.74, 6) is -0.647. The molecule has 5 rings (SSSR count). The van der Waals surface area contributed by atoms with Gasteiger partial charge in [0, 0.05) is 11.6 Å². The van der Waals surface area contributed by atoms with Crippen LogP contribution in [0.2, 0.25) is 10.0 Å². The summed E-state index contributed by atoms with van der Waals surface area (Å²) < 4.78 is 7.32. The van der Waals surface area contributed by atoms with Crippen LogP contribution in [0.5, 0.6) is 0 Å². The van der Waals surface area contributed by atoms with Gasteiger partial charge >= 0.3 is 5.97 Å². The van der Waals surface area contributed by atoms with E-state index in [1.165, 1.54) is 0 Å². The summed E-state index contributed by atoms with van der Waals surface area (Å²) in [5, 5.41) is 1.00. The van der Waals surface area contributed by atoms with Crippen molar-refractivity contribution < 1.29 is 14.3 Å². The number of esters is 1. The molecule has 3 heterocycles. The maximum atomic E-state index is 13.2. The number of hydrogen-bond donors (Lipinski definition) is 0. The molecule has 2 aromatic carbocycles. The van der Waals surface area contributed by atoms with Crippen LogP contribution in [-0.4, -0.2) is 32.9 Å². The minimum atomic E-state index is -0.525. The number of amides is 1. The third-order valence-electron chi connectivity index (χ3n) is 5.58. The molecule has 30 heavy (non-hydrogen) atoms. The normalized spacial score (nSPS) is 17.2. The molecule has 6 nitrogen and oxygen atoms in total. The fraction of sp³-hybridized carbons (Fsp3) is 0.227. The van der Waals surface area contributed by atoms with Crippen LogP contribution in [0.1, 0.15) is 51.0 Å². The van der Waals surface area contributed by atoms with E-state index in [1.54, 1.807) is 52.2 Å². The third-order valence-corrected chi connectivity index (χ3v) is 6.14. The highest BCUT2D eigenvalue weighted by Crippen LogP contribution is 2.41. The summed E-state index contributed by atoms with van der Waals surface area (Å²) in [7, 11) is 0. The van der Waals surface area contributed by atoms with Gasteiger partial charge in [0.25, 0.3) is 5.91 Å². The second kappa shape index (κ2) is 7.45. The van der Waals surface area contributed by atoms with E-state index < -0.39 is 5.97 Å². The first-order chi connectivity index (χ1) is 14.5. The summed E-state index contributed by atoms with van der Waals surface area (Å²) in [6.45, 7) is 0.719. The molecule has 0 N–H and O–H groups in total. The van der Waals surface area contributed by atoms with Crippen LogP contribution in [0.25, 0.3) is 5.69 Å². The number of halogens is 2. The van der Waals surface area contributed by atoms with Crippen molar-refractivity contribution in [3.63, 3.8) is 0 Å². The van der Waals surface area contributed by atoms with Gasteiger partial charge < -0.3 is 9.64 Å². The minimum absolute atomic E-state index is 0.109. The molecule has 152 valence electrons. The van der Waals surface area contributed by atoms with Crippen LogP contribution in [0.3, 0.4) is 0 Å². The number of hydrogen-bond acceptors (Lipinski definition) is 4. The first kappa shape index (κ1) is 19.2. The SMILES string of the molecule is O=C(OCc1ccc(Cl)cc1)c1ncn2c1[C@@H]1CCCN1C(=O)c1c(Cl)cccc1-2. The van der Waals surface area contributed by atoms with Crippen LogP contribution < -0.4 is 0 Å². The fourth-order valence-corrected chi connectivity index (χ4v) is 4.56. The Hall–Kier alpha value is -2.83. The smallest absolute Gasteiger partial charge is 0.359 e. The van der Waals surface area contributed by atoms with Crippen LogP contribution >= 0.6 is 23.2 Å². The van der Waals surface area contributed by atoms with Crippen molar-refractivity contribution in [2.24, 2.45) is 0 Å². The number of nitrogens with zero attached hydrogens (tertiary/aromatic N) is 3. The Bertz CT molecular complexity index is 1160. The van der Waals surface area contributed by atoms with Crippen molar-refractivity contribution in [3.8, 4) is 5.69 Å². The molecule has 1 fully saturated rings. The highest BCUT2D eigenvalue weighted by Gasteiger charge is 2.41. The van der Waals surface area contributed by atoms with E-state index in [0.29, 0.717) is 33.5 Å². The monoisotopic (exact) mass is 441 g/mol. The summed E-state index contributed by atoms with van der Waals surface area (Å²) in [6, 6.07) is 12.2. The van der Waals surface area contributed by atoms with E-state index in [-0.39, 0.29) is 24.2 Å². The molecule has 3 aromatic rings. The first-order valence-electron chi connectivity index (χ1n) is 9.63. The van der Waals surface area contributed by atoms with Gasteiger partial charge in [-0.15, -0.1) is 0 Å². The molecule has 0 unspecified atom stereocenters. The lowest BCUT2D eigenvalue weighted by molar-refractivity contribution is 0.0460. The molecule has 0 bridgehead atoms. The van der Waals surface area contributed by atoms with E-state index in [2.05, 4.69) is 4.98 Å². The number of ether oxygens (including phenoxy) is 1. The minimum Gasteiger partial charge on any atom is -0.456 e. The number of aromatic nitrogens is 2. The van der Waals surface area contributed by atoms with Gasteiger partial charge in [-0.1, -0.05) is 41.4 Å². The van der Waals surface area contributed by atoms with Crippen LogP contribution in [0, 0.1) is 0 Å². The average Bonchev–Trinajstić information content (AvgIpc) is 3.37. The van der Waals surface area contributed by atoms with E-state index in [0.717, 1.165) is 18.4 Å². The maximum absolute atomic E-state index is 13.2. The number of carbonyl (C=O) groups excluding carboxylic acids is 2. The fourth-order valence-electron chi connectivity index (χ4n) is 4.19. The third kappa shape index (κ3) is 3.07. The number of fused-ring (bicyclic) bond motifs is 5. The van der Waals surface area contributed by atoms with Gasteiger partial charge in [-0.05, 0) is 42.7 Å². The highest BCUT2D eigenvalue weighted by atomic mass is 35.5. The molecule has 0 saturated carbocycles. The molecule has 0 radical (unpaired) electrons. The first-order valence-corrected chi connectivity index (χ1v) is 10.4. The molecule has 8 heteroatoms. The molecule has 0 spiro atoms. The molecular weight excluding hydrogens is 425 g/mol. The topological polar surface area (TPSA) is 64.4 Å². The average molecular weight is 442 g/mol. The zero-order chi connectivity index (χ0) is 20.8. The Morgan fingerprint density at radius 1 is 1.17 bits per heavy atom. The maximum Gasteiger partial charge on any atom is 0.359 e. The van der Waals surface area contributed by atoms with Crippen molar-refractivity contribution >= 4 is 35.1 Å². The Balaban J connectivity index is 1.54. The zero-order valence-electron chi connectivity index (χ0n) is 15.8. The van der Waals surface area contributed by atoms with Gasteiger partial charge in [0.15, 0.2) is 5.69 Å². The number of carbonyl (C=O) groups is 2. The predicted molar refractivity (Wildman–Crippen MR) is 112 cm³/mol. The van der Waals surface area contributed by atoms with E-state index in [9.17, 15) is 9.59 Å². The van der Waals surface area contributed by atoms with E-state index in [4.69, 9.17) is 27.9 Å². The van der Waals surface area contributed by atoms with Crippen molar-refractivity contribution in [3.05, 3.63) is 81.4 Å². The number of rotatable bonds is 3. The summed E-state index contributed by atoms with van der Waals surface area (Å²) in [4.78, 5) is 32.3. The van der Waals surface area contributed by atoms with Gasteiger partial charge in [0.05, 0.1) is 28.0 Å². The van der Waals surface area contributed by atoms with E-state index >= 15 is 0 Å². The zero-order valence-corrected chi connectivity index (χ0v) is 17.4. The van der Waals surface area contributed by atoms with Crippen LogP contribution in [0.4, 0.5) is 0 Å². The van der Waals surface area contributed by atoms with Gasteiger partial charge in [-0.25, -0.2) is 9.78 Å². The molecule has 1 aromatic heterocycles. The molecule has 1 saturated heterocycles. The lowest BCUT2D eigenvalue weighted by atomic mass is 10.1. The summed E-state index contributed by atoms with van der Waals surface area (Å²) >= 11 is 12.3. The van der Waals surface area contributed by atoms with Gasteiger partial charge in [-0.3, -0.25) is 9.36 Å². The largest absolute Gasteiger partial charge is 0.456 e. The standard InChI is InChI=1S/C22H17Cl2N3O3/c23-14-8-6-13(7-9-14)11-30-22(29)19-20-17-5-2-10-26(17)21(28)18-15(24)3-1-4-16(18)27(20)12-25-19/h1,3-4,6-9,12,17H,2,5,10-11H2/t17-/m0/s1. The number of benzene rings is 2. The van der Waals surface area contributed by atoms with Crippen molar-refractivity contribution in [1.82, 2.24) is 14.5 Å². The lowest BCUT2D eigenvalue weighted by Crippen LogP contribution is -2.30. The lowest BCUT2D eigenvalue weighted by Gasteiger charge is -2.23. The molecule has 0 aliphatic carbocycles. The van der Waals surface area contributed by atoms with Crippen molar-refractivity contribution in [2.45, 2.75) is 25.5 Å². The second-order valence-electron chi connectivity index (χ2n) is 7.34. The molecular formula is C22H17Cl2N3O3. The Morgan fingerprint density at radius 2 is 1.97 bits per heavy atom. The van der Waals surface area contributed by atoms with Gasteiger partial charge in [0.1, 0.15) is 12.9 Å². The Morgan fingerprint density at radius 3 is 2.77 bits per heavy atom. The van der Waals surface area contributed by atoms with Crippen molar-refractivity contribution in [1.29, 1.82) is 0 Å². The van der Waals surface area contributed by atoms with Gasteiger partial charge in [-0.2, -0.15) is 0 Å². The second-order valence-corrected chi connectivity index (χ2v) is 8.19. The summed E-state index contributed by atoms with van der Waals surface area (Å²) in [5.41, 5.74) is 2.78. The predicted octanol–water partition coefficient (Wildman–Crippen LogP) is 4.83. The van der Waals surface area contributed by atoms with E-state index in [1.807, 2.05) is 6.07 Å². The molecule has 2 aliphatic heterocycles. The summed E-state index contributed by atoms with van der Waals surface area (Å²) in [6.07, 6.45) is 3.17. The Labute approximate surface area is 183 Å².